The van der Waals surface area contributed by atoms with Crippen LogP contribution in [0.2, 0.25) is 0 Å². The summed E-state index contributed by atoms with van der Waals surface area (Å²) in [5, 5.41) is 4.86. The van der Waals surface area contributed by atoms with Crippen LogP contribution in [0, 0.1) is 5.92 Å². The lowest BCUT2D eigenvalue weighted by atomic mass is 10.1. The number of hydrogen-bond acceptors (Lipinski definition) is 3. The van der Waals surface area contributed by atoms with Crippen molar-refractivity contribution in [2.75, 3.05) is 6.54 Å². The Bertz CT molecular complexity index is 331. The second kappa shape index (κ2) is 8.65. The highest BCUT2D eigenvalue weighted by Gasteiger charge is 2.11. The summed E-state index contributed by atoms with van der Waals surface area (Å²) in [5.74, 6) is 0.700. The monoisotopic (exact) mass is 268 g/mol. The molecule has 0 saturated carbocycles. The van der Waals surface area contributed by atoms with Gasteiger partial charge in [0.25, 0.3) is 0 Å². The van der Waals surface area contributed by atoms with E-state index in [1.54, 1.807) is 0 Å². The van der Waals surface area contributed by atoms with Crippen LogP contribution in [0.15, 0.2) is 0 Å². The van der Waals surface area contributed by atoms with Crippen LogP contribution in [0.5, 0.6) is 0 Å². The number of nitrogens with one attached hydrogen (secondary N) is 1. The number of thiazole rings is 1. The standard InChI is InChI=1S/C15H28N2S/c1-5-7-9-16-11-14-13(8-6-2)17-15(18-14)10-12(3)4/h12,16H,5-11H2,1-4H3. The van der Waals surface area contributed by atoms with Crippen LogP contribution in [-0.2, 0) is 19.4 Å². The van der Waals surface area contributed by atoms with Gasteiger partial charge < -0.3 is 5.32 Å². The van der Waals surface area contributed by atoms with Crippen LogP contribution in [0.1, 0.15) is 62.5 Å². The maximum Gasteiger partial charge on any atom is 0.0934 e. The van der Waals surface area contributed by atoms with Gasteiger partial charge in [-0.2, -0.15) is 0 Å². The summed E-state index contributed by atoms with van der Waals surface area (Å²) >= 11 is 1.91. The van der Waals surface area contributed by atoms with Gasteiger partial charge in [-0.25, -0.2) is 4.98 Å². The summed E-state index contributed by atoms with van der Waals surface area (Å²) < 4.78 is 0. The highest BCUT2D eigenvalue weighted by atomic mass is 32.1. The van der Waals surface area contributed by atoms with Gasteiger partial charge in [0.15, 0.2) is 0 Å². The van der Waals surface area contributed by atoms with Crippen molar-refractivity contribution in [1.82, 2.24) is 10.3 Å². The van der Waals surface area contributed by atoms with Crippen LogP contribution in [0.3, 0.4) is 0 Å². The van der Waals surface area contributed by atoms with Gasteiger partial charge in [0, 0.05) is 17.8 Å². The van der Waals surface area contributed by atoms with Crippen molar-refractivity contribution >= 4 is 11.3 Å². The maximum absolute atomic E-state index is 4.82. The lowest BCUT2D eigenvalue weighted by Crippen LogP contribution is -2.14. The third-order valence-corrected chi connectivity index (χ3v) is 4.00. The van der Waals surface area contributed by atoms with Gasteiger partial charge in [-0.1, -0.05) is 40.5 Å². The van der Waals surface area contributed by atoms with Crippen molar-refractivity contribution in [2.24, 2.45) is 5.92 Å². The van der Waals surface area contributed by atoms with Gasteiger partial charge in [0.05, 0.1) is 10.7 Å². The zero-order valence-corrected chi connectivity index (χ0v) is 13.2. The molecule has 1 heterocycles. The predicted octanol–water partition coefficient (Wildman–Crippen LogP) is 4.18. The first-order valence-corrected chi connectivity index (χ1v) is 8.17. The Labute approximate surface area is 116 Å². The molecular formula is C15H28N2S. The normalized spacial score (nSPS) is 11.4. The Morgan fingerprint density at radius 2 is 2.00 bits per heavy atom. The second-order valence-corrected chi connectivity index (χ2v) is 6.52. The van der Waals surface area contributed by atoms with Crippen LogP contribution in [0.25, 0.3) is 0 Å². The van der Waals surface area contributed by atoms with Gasteiger partial charge in [-0.15, -0.1) is 11.3 Å². The van der Waals surface area contributed by atoms with Crippen molar-refractivity contribution < 1.29 is 0 Å². The van der Waals surface area contributed by atoms with E-state index in [-0.39, 0.29) is 0 Å². The van der Waals surface area contributed by atoms with E-state index in [2.05, 4.69) is 33.0 Å². The van der Waals surface area contributed by atoms with Crippen LogP contribution < -0.4 is 5.32 Å². The van der Waals surface area contributed by atoms with E-state index in [9.17, 15) is 0 Å². The molecule has 1 aromatic rings. The molecule has 0 atom stereocenters. The zero-order chi connectivity index (χ0) is 13.4. The van der Waals surface area contributed by atoms with Crippen LogP contribution in [0.4, 0.5) is 0 Å². The molecular weight excluding hydrogens is 240 g/mol. The molecule has 2 nitrogen and oxygen atoms in total. The third-order valence-electron chi connectivity index (χ3n) is 2.88. The number of nitrogens with zero attached hydrogens (tertiary/aromatic N) is 1. The van der Waals surface area contributed by atoms with Crippen LogP contribution in [-0.4, -0.2) is 11.5 Å². The fourth-order valence-corrected chi connectivity index (χ4v) is 3.24. The fourth-order valence-electron chi connectivity index (χ4n) is 1.95. The number of aryl methyl sites for hydroxylation is 1. The summed E-state index contributed by atoms with van der Waals surface area (Å²) in [5.41, 5.74) is 1.34. The lowest BCUT2D eigenvalue weighted by Gasteiger charge is -2.03. The van der Waals surface area contributed by atoms with Crippen molar-refractivity contribution in [3.05, 3.63) is 15.6 Å². The molecule has 0 spiro atoms. The molecule has 3 heteroatoms. The minimum Gasteiger partial charge on any atom is -0.312 e. The van der Waals surface area contributed by atoms with Gasteiger partial charge in [-0.3, -0.25) is 0 Å². The molecule has 1 rings (SSSR count). The van der Waals surface area contributed by atoms with E-state index in [1.165, 1.54) is 34.8 Å². The summed E-state index contributed by atoms with van der Waals surface area (Å²) in [4.78, 5) is 6.28. The van der Waals surface area contributed by atoms with E-state index >= 15 is 0 Å². The Balaban J connectivity index is 2.59. The smallest absolute Gasteiger partial charge is 0.0934 e. The quantitative estimate of drug-likeness (QED) is 0.679. The molecule has 0 amide bonds. The van der Waals surface area contributed by atoms with E-state index in [0.29, 0.717) is 5.92 Å². The van der Waals surface area contributed by atoms with E-state index in [1.807, 2.05) is 11.3 Å². The highest BCUT2D eigenvalue weighted by Crippen LogP contribution is 2.22. The molecule has 1 aromatic heterocycles. The summed E-state index contributed by atoms with van der Waals surface area (Å²) in [6.45, 7) is 11.1. The van der Waals surface area contributed by atoms with Crippen molar-refractivity contribution in [2.45, 2.75) is 66.3 Å². The molecule has 0 radical (unpaired) electrons. The Morgan fingerprint density at radius 1 is 1.22 bits per heavy atom. The molecule has 0 bridgehead atoms. The summed E-state index contributed by atoms with van der Waals surface area (Å²) in [7, 11) is 0. The first kappa shape index (κ1) is 15.6. The minimum atomic E-state index is 0.700. The van der Waals surface area contributed by atoms with Gasteiger partial charge in [0.1, 0.15) is 0 Å². The van der Waals surface area contributed by atoms with Crippen LogP contribution >= 0.6 is 11.3 Å². The predicted molar refractivity (Wildman–Crippen MR) is 81.3 cm³/mol. The second-order valence-electron chi connectivity index (χ2n) is 5.36. The van der Waals surface area contributed by atoms with Crippen molar-refractivity contribution in [3.8, 4) is 0 Å². The molecule has 0 aliphatic carbocycles. The lowest BCUT2D eigenvalue weighted by molar-refractivity contribution is 0.638. The molecule has 0 fully saturated rings. The molecule has 0 aliphatic rings. The first-order valence-electron chi connectivity index (χ1n) is 7.35. The van der Waals surface area contributed by atoms with E-state index < -0.39 is 0 Å². The molecule has 18 heavy (non-hydrogen) atoms. The minimum absolute atomic E-state index is 0.700. The molecule has 0 aliphatic heterocycles. The molecule has 1 N–H and O–H groups in total. The van der Waals surface area contributed by atoms with Crippen molar-refractivity contribution in [1.29, 1.82) is 0 Å². The number of unbranched alkanes of at least 4 members (excludes halogenated alkanes) is 1. The van der Waals surface area contributed by atoms with Gasteiger partial charge in [0.2, 0.25) is 0 Å². The largest absolute Gasteiger partial charge is 0.312 e. The summed E-state index contributed by atoms with van der Waals surface area (Å²) in [6.07, 6.45) is 5.96. The number of hydrogen-bond donors (Lipinski definition) is 1. The molecule has 0 unspecified atom stereocenters. The van der Waals surface area contributed by atoms with E-state index in [4.69, 9.17) is 4.98 Å². The highest BCUT2D eigenvalue weighted by molar-refractivity contribution is 7.11. The maximum atomic E-state index is 4.82. The topological polar surface area (TPSA) is 24.9 Å². The molecule has 0 aromatic carbocycles. The van der Waals surface area contributed by atoms with E-state index in [0.717, 1.165) is 25.9 Å². The first-order chi connectivity index (χ1) is 8.67. The Hall–Kier alpha value is -0.410. The van der Waals surface area contributed by atoms with Gasteiger partial charge in [-0.05, 0) is 25.3 Å². The number of rotatable bonds is 9. The van der Waals surface area contributed by atoms with Gasteiger partial charge >= 0.3 is 0 Å². The Kier molecular flexibility index (Phi) is 7.52. The average Bonchev–Trinajstić information content (AvgIpc) is 2.66. The summed E-state index contributed by atoms with van der Waals surface area (Å²) in [6, 6.07) is 0. The third kappa shape index (κ3) is 5.49. The average molecular weight is 268 g/mol. The fraction of sp³-hybridized carbons (Fsp3) is 0.800. The van der Waals surface area contributed by atoms with Crippen molar-refractivity contribution in [3.63, 3.8) is 0 Å². The molecule has 104 valence electrons. The SMILES string of the molecule is CCCCNCc1sc(CC(C)C)nc1CCC. The Morgan fingerprint density at radius 3 is 2.61 bits per heavy atom. The molecule has 0 saturated heterocycles. The zero-order valence-electron chi connectivity index (χ0n) is 12.4. The number of aromatic nitrogens is 1.